The molecule has 23 heavy (non-hydrogen) atoms. The molecule has 0 aromatic heterocycles. The van der Waals surface area contributed by atoms with E-state index in [2.05, 4.69) is 6.07 Å². The van der Waals surface area contributed by atoms with Gasteiger partial charge in [-0.2, -0.15) is 0 Å². The van der Waals surface area contributed by atoms with Gasteiger partial charge in [-0.3, -0.25) is 4.90 Å². The van der Waals surface area contributed by atoms with Crippen molar-refractivity contribution in [3.8, 4) is 5.75 Å². The Morgan fingerprint density at radius 3 is 2.48 bits per heavy atom. The smallest absolute Gasteiger partial charge is 0.120 e. The van der Waals surface area contributed by atoms with Crippen LogP contribution >= 0.6 is 0 Å². The Bertz CT molecular complexity index is 621. The molecule has 0 heterocycles. The van der Waals surface area contributed by atoms with E-state index in [9.17, 15) is 10.2 Å². The molecule has 4 heteroatoms. The SMILES string of the molecule is CCN(CC(O)COc1ccc2ccccc2c1)CC(C)(C)O. The molecule has 0 radical (unpaired) electrons. The molecular weight excluding hydrogens is 290 g/mol. The second-order valence-electron chi connectivity index (χ2n) is 6.61. The molecule has 1 atom stereocenters. The first-order valence-electron chi connectivity index (χ1n) is 8.12. The molecule has 0 amide bonds. The van der Waals surface area contributed by atoms with Gasteiger partial charge in [-0.05, 0) is 43.3 Å². The van der Waals surface area contributed by atoms with Crippen LogP contribution in [-0.2, 0) is 0 Å². The Morgan fingerprint density at radius 2 is 1.83 bits per heavy atom. The lowest BCUT2D eigenvalue weighted by Crippen LogP contribution is -2.43. The number of ether oxygens (including phenoxy) is 1. The van der Waals surface area contributed by atoms with Crippen LogP contribution in [0.2, 0.25) is 0 Å². The van der Waals surface area contributed by atoms with Gasteiger partial charge in [0, 0.05) is 13.1 Å². The Kier molecular flexibility index (Phi) is 5.99. The third kappa shape index (κ3) is 5.82. The van der Waals surface area contributed by atoms with Crippen LogP contribution in [0.5, 0.6) is 5.75 Å². The largest absolute Gasteiger partial charge is 0.491 e. The Morgan fingerprint density at radius 1 is 1.13 bits per heavy atom. The molecule has 0 spiro atoms. The van der Waals surface area contributed by atoms with Gasteiger partial charge in [0.25, 0.3) is 0 Å². The van der Waals surface area contributed by atoms with Crippen molar-refractivity contribution < 1.29 is 14.9 Å². The normalized spacial score (nSPS) is 13.5. The first-order chi connectivity index (χ1) is 10.9. The molecule has 1 unspecified atom stereocenters. The molecule has 2 aromatic rings. The van der Waals surface area contributed by atoms with E-state index in [1.54, 1.807) is 13.8 Å². The number of hydrogen-bond donors (Lipinski definition) is 2. The van der Waals surface area contributed by atoms with Gasteiger partial charge in [-0.1, -0.05) is 37.3 Å². The summed E-state index contributed by atoms with van der Waals surface area (Å²) in [6, 6.07) is 14.0. The first kappa shape index (κ1) is 17.7. The van der Waals surface area contributed by atoms with E-state index in [-0.39, 0.29) is 6.61 Å². The molecule has 0 aliphatic carbocycles. The van der Waals surface area contributed by atoms with Crippen molar-refractivity contribution in [1.29, 1.82) is 0 Å². The van der Waals surface area contributed by atoms with Gasteiger partial charge >= 0.3 is 0 Å². The minimum atomic E-state index is -0.769. The van der Waals surface area contributed by atoms with Crippen LogP contribution in [0.4, 0.5) is 0 Å². The Balaban J connectivity index is 1.88. The van der Waals surface area contributed by atoms with E-state index in [1.165, 1.54) is 5.39 Å². The summed E-state index contributed by atoms with van der Waals surface area (Å²) in [6.45, 7) is 7.58. The number of hydrogen-bond acceptors (Lipinski definition) is 4. The maximum absolute atomic E-state index is 10.2. The second kappa shape index (κ2) is 7.77. The summed E-state index contributed by atoms with van der Waals surface area (Å²) in [5, 5.41) is 22.4. The average molecular weight is 317 g/mol. The van der Waals surface area contributed by atoms with Gasteiger partial charge in [-0.15, -0.1) is 0 Å². The van der Waals surface area contributed by atoms with Crippen LogP contribution in [0, 0.1) is 0 Å². The van der Waals surface area contributed by atoms with E-state index in [4.69, 9.17) is 4.74 Å². The molecule has 0 aliphatic rings. The van der Waals surface area contributed by atoms with Crippen molar-refractivity contribution in [1.82, 2.24) is 4.90 Å². The zero-order chi connectivity index (χ0) is 16.9. The fraction of sp³-hybridized carbons (Fsp3) is 0.474. The number of benzene rings is 2. The monoisotopic (exact) mass is 317 g/mol. The van der Waals surface area contributed by atoms with Crippen LogP contribution in [0.3, 0.4) is 0 Å². The highest BCUT2D eigenvalue weighted by atomic mass is 16.5. The number of aliphatic hydroxyl groups excluding tert-OH is 1. The molecule has 126 valence electrons. The van der Waals surface area contributed by atoms with Crippen LogP contribution in [0.15, 0.2) is 42.5 Å². The van der Waals surface area contributed by atoms with E-state index in [0.29, 0.717) is 13.1 Å². The van der Waals surface area contributed by atoms with E-state index < -0.39 is 11.7 Å². The number of aliphatic hydroxyl groups is 2. The molecule has 0 bridgehead atoms. The second-order valence-corrected chi connectivity index (χ2v) is 6.61. The van der Waals surface area contributed by atoms with Crippen LogP contribution < -0.4 is 4.74 Å². The lowest BCUT2D eigenvalue weighted by atomic mass is 10.1. The maximum atomic E-state index is 10.2. The summed E-state index contributed by atoms with van der Waals surface area (Å²) in [4.78, 5) is 2.02. The van der Waals surface area contributed by atoms with Crippen LogP contribution in [0.25, 0.3) is 10.8 Å². The first-order valence-corrected chi connectivity index (χ1v) is 8.12. The molecule has 2 aromatic carbocycles. The molecule has 2 N–H and O–H groups in total. The maximum Gasteiger partial charge on any atom is 0.120 e. The zero-order valence-corrected chi connectivity index (χ0v) is 14.2. The molecule has 0 saturated heterocycles. The van der Waals surface area contributed by atoms with Gasteiger partial charge in [0.1, 0.15) is 18.5 Å². The van der Waals surface area contributed by atoms with Crippen molar-refractivity contribution in [2.45, 2.75) is 32.5 Å². The predicted molar refractivity (Wildman–Crippen MR) is 93.9 cm³/mol. The van der Waals surface area contributed by atoms with Crippen molar-refractivity contribution in [3.63, 3.8) is 0 Å². The van der Waals surface area contributed by atoms with Crippen molar-refractivity contribution in [2.75, 3.05) is 26.2 Å². The van der Waals surface area contributed by atoms with Gasteiger partial charge in [0.15, 0.2) is 0 Å². The number of fused-ring (bicyclic) bond motifs is 1. The van der Waals surface area contributed by atoms with E-state index in [1.807, 2.05) is 48.2 Å². The lowest BCUT2D eigenvalue weighted by molar-refractivity contribution is 0.0116. The highest BCUT2D eigenvalue weighted by Crippen LogP contribution is 2.20. The topological polar surface area (TPSA) is 52.9 Å². The summed E-state index contributed by atoms with van der Waals surface area (Å²) in [6.07, 6.45) is -0.594. The fourth-order valence-electron chi connectivity index (χ4n) is 2.65. The molecular formula is C19H27NO3. The number of rotatable bonds is 8. The van der Waals surface area contributed by atoms with Crippen LogP contribution in [0.1, 0.15) is 20.8 Å². The van der Waals surface area contributed by atoms with E-state index in [0.717, 1.165) is 17.7 Å². The molecule has 4 nitrogen and oxygen atoms in total. The van der Waals surface area contributed by atoms with Crippen molar-refractivity contribution in [2.24, 2.45) is 0 Å². The number of nitrogens with zero attached hydrogens (tertiary/aromatic N) is 1. The highest BCUT2D eigenvalue weighted by molar-refractivity contribution is 5.83. The lowest BCUT2D eigenvalue weighted by Gasteiger charge is -2.29. The van der Waals surface area contributed by atoms with Crippen molar-refractivity contribution >= 4 is 10.8 Å². The van der Waals surface area contributed by atoms with Gasteiger partial charge < -0.3 is 14.9 Å². The van der Waals surface area contributed by atoms with Crippen LogP contribution in [-0.4, -0.2) is 53.1 Å². The highest BCUT2D eigenvalue weighted by Gasteiger charge is 2.19. The summed E-state index contributed by atoms with van der Waals surface area (Å²) in [5.41, 5.74) is -0.769. The number of likely N-dealkylation sites (N-methyl/N-ethyl adjacent to an activating group) is 1. The summed E-state index contributed by atoms with van der Waals surface area (Å²) in [7, 11) is 0. The minimum Gasteiger partial charge on any atom is -0.491 e. The summed E-state index contributed by atoms with van der Waals surface area (Å²) < 4.78 is 5.71. The fourth-order valence-corrected chi connectivity index (χ4v) is 2.65. The van der Waals surface area contributed by atoms with Gasteiger partial charge in [-0.25, -0.2) is 0 Å². The summed E-state index contributed by atoms with van der Waals surface area (Å²) >= 11 is 0. The Hall–Kier alpha value is -1.62. The van der Waals surface area contributed by atoms with E-state index >= 15 is 0 Å². The molecule has 0 saturated carbocycles. The molecule has 0 fully saturated rings. The standard InChI is InChI=1S/C19H27NO3/c1-4-20(14-19(2,3)22)12-17(21)13-23-18-10-9-15-7-5-6-8-16(15)11-18/h5-11,17,21-22H,4,12-14H2,1-3H3. The summed E-state index contributed by atoms with van der Waals surface area (Å²) in [5.74, 6) is 0.758. The predicted octanol–water partition coefficient (Wildman–Crippen LogP) is 2.67. The Labute approximate surface area is 138 Å². The third-order valence-corrected chi connectivity index (χ3v) is 3.69. The van der Waals surface area contributed by atoms with Gasteiger partial charge in [0.05, 0.1) is 5.60 Å². The molecule has 0 aliphatic heterocycles. The third-order valence-electron chi connectivity index (χ3n) is 3.69. The molecule has 2 rings (SSSR count). The van der Waals surface area contributed by atoms with Crippen molar-refractivity contribution in [3.05, 3.63) is 42.5 Å². The minimum absolute atomic E-state index is 0.237. The van der Waals surface area contributed by atoms with Gasteiger partial charge in [0.2, 0.25) is 0 Å². The zero-order valence-electron chi connectivity index (χ0n) is 14.2. The quantitative estimate of drug-likeness (QED) is 0.786. The average Bonchev–Trinajstić information content (AvgIpc) is 2.50.